The third-order valence-electron chi connectivity index (χ3n) is 4.96. The SMILES string of the molecule is COc1ccc(-n2nc3cc(C)c(NC(=S)NC(=O)c4ccccc4C)cc3n2)cc1Cl. The molecule has 0 aliphatic rings. The van der Waals surface area contributed by atoms with E-state index in [-0.39, 0.29) is 11.0 Å². The summed E-state index contributed by atoms with van der Waals surface area (Å²) in [6.07, 6.45) is 0. The molecule has 0 bridgehead atoms. The molecule has 0 unspecified atom stereocenters. The molecule has 162 valence electrons. The fourth-order valence-electron chi connectivity index (χ4n) is 3.25. The molecule has 1 amide bonds. The number of hydrogen-bond donors (Lipinski definition) is 2. The van der Waals surface area contributed by atoms with Gasteiger partial charge in [-0.1, -0.05) is 29.8 Å². The molecule has 32 heavy (non-hydrogen) atoms. The van der Waals surface area contributed by atoms with E-state index in [0.29, 0.717) is 27.5 Å². The van der Waals surface area contributed by atoms with Crippen LogP contribution in [-0.2, 0) is 0 Å². The fraction of sp³-hybridized carbons (Fsp3) is 0.130. The number of amides is 1. The number of ether oxygens (including phenoxy) is 1. The van der Waals surface area contributed by atoms with E-state index in [1.165, 1.54) is 4.80 Å². The first-order valence-electron chi connectivity index (χ1n) is 9.75. The number of nitrogens with one attached hydrogen (secondary N) is 2. The number of rotatable bonds is 4. The second kappa shape index (κ2) is 8.94. The van der Waals surface area contributed by atoms with Gasteiger partial charge >= 0.3 is 0 Å². The maximum atomic E-state index is 12.5. The first-order chi connectivity index (χ1) is 15.4. The van der Waals surface area contributed by atoms with Crippen LogP contribution in [0.4, 0.5) is 5.69 Å². The van der Waals surface area contributed by atoms with Crippen LogP contribution in [0.2, 0.25) is 5.02 Å². The number of aromatic nitrogens is 3. The van der Waals surface area contributed by atoms with Crippen molar-refractivity contribution in [3.05, 3.63) is 76.3 Å². The van der Waals surface area contributed by atoms with Crippen molar-refractivity contribution < 1.29 is 9.53 Å². The molecule has 0 atom stereocenters. The van der Waals surface area contributed by atoms with Crippen LogP contribution in [0.1, 0.15) is 21.5 Å². The monoisotopic (exact) mass is 465 g/mol. The highest BCUT2D eigenvalue weighted by Gasteiger charge is 2.13. The molecule has 0 radical (unpaired) electrons. The molecular formula is C23H20ClN5O2S. The van der Waals surface area contributed by atoms with E-state index in [1.54, 1.807) is 25.3 Å². The first kappa shape index (κ1) is 21.7. The molecule has 0 saturated heterocycles. The third-order valence-corrected chi connectivity index (χ3v) is 5.46. The maximum absolute atomic E-state index is 12.5. The van der Waals surface area contributed by atoms with E-state index in [1.807, 2.05) is 50.2 Å². The number of benzene rings is 3. The smallest absolute Gasteiger partial charge is 0.257 e. The van der Waals surface area contributed by atoms with Crippen LogP contribution in [0.3, 0.4) is 0 Å². The molecule has 7 nitrogen and oxygen atoms in total. The van der Waals surface area contributed by atoms with Crippen LogP contribution in [0.15, 0.2) is 54.6 Å². The Hall–Kier alpha value is -3.49. The average Bonchev–Trinajstić information content (AvgIpc) is 3.16. The summed E-state index contributed by atoms with van der Waals surface area (Å²) in [5.41, 5.74) is 5.18. The summed E-state index contributed by atoms with van der Waals surface area (Å²) in [5, 5.41) is 15.6. The zero-order chi connectivity index (χ0) is 22.8. The molecule has 3 aromatic carbocycles. The number of anilines is 1. The van der Waals surface area contributed by atoms with Gasteiger partial charge in [0.05, 0.1) is 17.8 Å². The molecule has 1 aromatic heterocycles. The number of carbonyl (C=O) groups is 1. The minimum Gasteiger partial charge on any atom is -0.495 e. The van der Waals surface area contributed by atoms with Crippen LogP contribution < -0.4 is 15.4 Å². The minimum absolute atomic E-state index is 0.204. The zero-order valence-electron chi connectivity index (χ0n) is 17.6. The average molecular weight is 466 g/mol. The van der Waals surface area contributed by atoms with Gasteiger partial charge in [0, 0.05) is 11.3 Å². The highest BCUT2D eigenvalue weighted by atomic mass is 35.5. The summed E-state index contributed by atoms with van der Waals surface area (Å²) in [7, 11) is 1.56. The van der Waals surface area contributed by atoms with Crippen molar-refractivity contribution in [2.45, 2.75) is 13.8 Å². The Morgan fingerprint density at radius 3 is 2.44 bits per heavy atom. The maximum Gasteiger partial charge on any atom is 0.257 e. The summed E-state index contributed by atoms with van der Waals surface area (Å²) in [6, 6.07) is 16.4. The molecule has 0 aliphatic carbocycles. The van der Waals surface area contributed by atoms with Gasteiger partial charge in [-0.25, -0.2) is 0 Å². The van der Waals surface area contributed by atoms with Gasteiger partial charge in [-0.05, 0) is 73.6 Å². The van der Waals surface area contributed by atoms with Crippen LogP contribution in [-0.4, -0.2) is 33.1 Å². The van der Waals surface area contributed by atoms with Gasteiger partial charge in [-0.15, -0.1) is 10.2 Å². The van der Waals surface area contributed by atoms with E-state index in [0.717, 1.165) is 22.3 Å². The van der Waals surface area contributed by atoms with Crippen molar-refractivity contribution in [1.82, 2.24) is 20.3 Å². The summed E-state index contributed by atoms with van der Waals surface area (Å²) in [4.78, 5) is 14.0. The fourth-order valence-corrected chi connectivity index (χ4v) is 3.70. The van der Waals surface area contributed by atoms with Crippen molar-refractivity contribution in [3.63, 3.8) is 0 Å². The molecule has 0 fully saturated rings. The Morgan fingerprint density at radius 1 is 1.03 bits per heavy atom. The molecule has 2 N–H and O–H groups in total. The van der Waals surface area contributed by atoms with Gasteiger partial charge in [0.1, 0.15) is 16.8 Å². The summed E-state index contributed by atoms with van der Waals surface area (Å²) < 4.78 is 5.19. The molecule has 0 saturated carbocycles. The highest BCUT2D eigenvalue weighted by Crippen LogP contribution is 2.27. The van der Waals surface area contributed by atoms with E-state index >= 15 is 0 Å². The van der Waals surface area contributed by atoms with Crippen molar-refractivity contribution in [3.8, 4) is 11.4 Å². The van der Waals surface area contributed by atoms with Gasteiger partial charge < -0.3 is 10.1 Å². The summed E-state index contributed by atoms with van der Waals surface area (Å²) in [5.74, 6) is 0.317. The van der Waals surface area contributed by atoms with E-state index in [2.05, 4.69) is 20.8 Å². The van der Waals surface area contributed by atoms with Gasteiger partial charge in [0.15, 0.2) is 5.11 Å². The van der Waals surface area contributed by atoms with Crippen LogP contribution in [0, 0.1) is 13.8 Å². The van der Waals surface area contributed by atoms with Gasteiger partial charge in [-0.3, -0.25) is 10.1 Å². The number of methoxy groups -OCH3 is 1. The number of nitrogens with zero attached hydrogens (tertiary/aromatic N) is 3. The van der Waals surface area contributed by atoms with Crippen LogP contribution in [0.5, 0.6) is 5.75 Å². The third kappa shape index (κ3) is 4.42. The molecule has 4 rings (SSSR count). The zero-order valence-corrected chi connectivity index (χ0v) is 19.2. The Kier molecular flexibility index (Phi) is 6.07. The topological polar surface area (TPSA) is 81.1 Å². The van der Waals surface area contributed by atoms with Crippen LogP contribution >= 0.6 is 23.8 Å². The van der Waals surface area contributed by atoms with Gasteiger partial charge in [0.25, 0.3) is 5.91 Å². The number of carbonyl (C=O) groups excluding carboxylic acids is 1. The van der Waals surface area contributed by atoms with E-state index in [4.69, 9.17) is 28.6 Å². The van der Waals surface area contributed by atoms with Gasteiger partial charge in [0.2, 0.25) is 0 Å². The normalized spacial score (nSPS) is 10.8. The lowest BCUT2D eigenvalue weighted by Crippen LogP contribution is -2.34. The number of hydrogen-bond acceptors (Lipinski definition) is 5. The lowest BCUT2D eigenvalue weighted by atomic mass is 10.1. The summed E-state index contributed by atoms with van der Waals surface area (Å²) in [6.45, 7) is 3.81. The Bertz CT molecular complexity index is 1350. The molecule has 4 aromatic rings. The predicted molar refractivity (Wildman–Crippen MR) is 130 cm³/mol. The standard InChI is InChI=1S/C23H20ClN5O2S/c1-13-6-4-5-7-16(13)22(30)26-23(32)25-18-12-20-19(10-14(18)2)27-29(28-20)15-8-9-21(31-3)17(24)11-15/h4-12H,1-3H3,(H2,25,26,30,32). The largest absolute Gasteiger partial charge is 0.495 e. The van der Waals surface area contributed by atoms with Crippen molar-refractivity contribution in [2.24, 2.45) is 0 Å². The quantitative estimate of drug-likeness (QED) is 0.420. The number of aryl methyl sites for hydroxylation is 2. The Balaban J connectivity index is 1.55. The lowest BCUT2D eigenvalue weighted by Gasteiger charge is -2.12. The lowest BCUT2D eigenvalue weighted by molar-refractivity contribution is 0.0977. The molecule has 0 aliphatic heterocycles. The Labute approximate surface area is 195 Å². The first-order valence-corrected chi connectivity index (χ1v) is 10.5. The number of thiocarbonyl (C=S) groups is 1. The highest BCUT2D eigenvalue weighted by molar-refractivity contribution is 7.80. The molecule has 9 heteroatoms. The van der Waals surface area contributed by atoms with Gasteiger partial charge in [-0.2, -0.15) is 4.80 Å². The van der Waals surface area contributed by atoms with E-state index < -0.39 is 0 Å². The summed E-state index contributed by atoms with van der Waals surface area (Å²) >= 11 is 11.6. The molecular weight excluding hydrogens is 446 g/mol. The second-order valence-electron chi connectivity index (χ2n) is 7.19. The van der Waals surface area contributed by atoms with Crippen molar-refractivity contribution >= 4 is 51.6 Å². The molecule has 1 heterocycles. The Morgan fingerprint density at radius 2 is 1.75 bits per heavy atom. The van der Waals surface area contributed by atoms with Crippen molar-refractivity contribution in [2.75, 3.05) is 12.4 Å². The van der Waals surface area contributed by atoms with E-state index in [9.17, 15) is 4.79 Å². The molecule has 0 spiro atoms. The second-order valence-corrected chi connectivity index (χ2v) is 8.00. The predicted octanol–water partition coefficient (Wildman–Crippen LogP) is 4.83. The van der Waals surface area contributed by atoms with Crippen molar-refractivity contribution in [1.29, 1.82) is 0 Å². The van der Waals surface area contributed by atoms with Crippen LogP contribution in [0.25, 0.3) is 16.7 Å². The number of fused-ring (bicyclic) bond motifs is 1. The number of halogens is 1. The minimum atomic E-state index is -0.262.